The molecule has 0 spiro atoms. The second kappa shape index (κ2) is 5.31. The second-order valence-electron chi connectivity index (χ2n) is 3.93. The minimum absolute atomic E-state index is 0.106. The van der Waals surface area contributed by atoms with Crippen molar-refractivity contribution in [3.8, 4) is 0 Å². The molecule has 2 rings (SSSR count). The zero-order valence-corrected chi connectivity index (χ0v) is 9.64. The summed E-state index contributed by atoms with van der Waals surface area (Å²) in [6, 6.07) is 7.33. The van der Waals surface area contributed by atoms with E-state index in [9.17, 15) is 4.79 Å². The Bertz CT molecular complexity index is 481. The van der Waals surface area contributed by atoms with E-state index in [0.717, 1.165) is 17.0 Å². The van der Waals surface area contributed by atoms with E-state index in [-0.39, 0.29) is 18.5 Å². The number of rotatable bonds is 4. The SMILES string of the molecule is N=C(N)Nc1ccc(C2=NOC(C[C]=O)C2)cc1. The molecule has 1 radical (unpaired) electrons. The molecule has 1 aromatic rings. The summed E-state index contributed by atoms with van der Waals surface area (Å²) < 4.78 is 0. The molecule has 1 unspecified atom stereocenters. The average Bonchev–Trinajstić information content (AvgIpc) is 2.78. The first-order chi connectivity index (χ1) is 8.69. The highest BCUT2D eigenvalue weighted by Crippen LogP contribution is 2.19. The maximum atomic E-state index is 10.3. The number of hydrogen-bond acceptors (Lipinski definition) is 4. The van der Waals surface area contributed by atoms with Crippen LogP contribution in [0.3, 0.4) is 0 Å². The van der Waals surface area contributed by atoms with Crippen molar-refractivity contribution in [2.24, 2.45) is 10.9 Å². The molecular weight excluding hydrogens is 232 g/mol. The quantitative estimate of drug-likeness (QED) is 0.543. The first-order valence-corrected chi connectivity index (χ1v) is 5.48. The van der Waals surface area contributed by atoms with Crippen LogP contribution in [0.15, 0.2) is 29.4 Å². The van der Waals surface area contributed by atoms with Crippen LogP contribution in [0.2, 0.25) is 0 Å². The zero-order chi connectivity index (χ0) is 13.0. The summed E-state index contributed by atoms with van der Waals surface area (Å²) >= 11 is 0. The smallest absolute Gasteiger partial charge is 0.202 e. The largest absolute Gasteiger partial charge is 0.391 e. The summed E-state index contributed by atoms with van der Waals surface area (Å²) in [4.78, 5) is 15.4. The van der Waals surface area contributed by atoms with Gasteiger partial charge < -0.3 is 15.9 Å². The highest BCUT2D eigenvalue weighted by atomic mass is 16.6. The molecular formula is C12H13N4O2. The van der Waals surface area contributed by atoms with Crippen LogP contribution in [0.1, 0.15) is 18.4 Å². The average molecular weight is 245 g/mol. The molecule has 6 heteroatoms. The van der Waals surface area contributed by atoms with Gasteiger partial charge in [0.2, 0.25) is 6.29 Å². The van der Waals surface area contributed by atoms with Crippen molar-refractivity contribution >= 4 is 23.6 Å². The molecule has 6 nitrogen and oxygen atoms in total. The monoisotopic (exact) mass is 245 g/mol. The molecule has 0 bridgehead atoms. The van der Waals surface area contributed by atoms with Crippen LogP contribution in [0.5, 0.6) is 0 Å². The summed E-state index contributed by atoms with van der Waals surface area (Å²) in [6.45, 7) is 0. The molecule has 1 aromatic carbocycles. The third-order valence-electron chi connectivity index (χ3n) is 2.54. The van der Waals surface area contributed by atoms with Gasteiger partial charge in [0.15, 0.2) is 5.96 Å². The molecule has 1 atom stereocenters. The van der Waals surface area contributed by atoms with Crippen LogP contribution in [-0.2, 0) is 9.63 Å². The zero-order valence-electron chi connectivity index (χ0n) is 9.64. The Hall–Kier alpha value is -2.37. The van der Waals surface area contributed by atoms with E-state index in [1.54, 1.807) is 12.1 Å². The fraction of sp³-hybridized carbons (Fsp3) is 0.250. The van der Waals surface area contributed by atoms with Gasteiger partial charge in [-0.3, -0.25) is 10.2 Å². The van der Waals surface area contributed by atoms with Crippen LogP contribution in [-0.4, -0.2) is 24.1 Å². The van der Waals surface area contributed by atoms with E-state index in [1.807, 2.05) is 18.4 Å². The van der Waals surface area contributed by atoms with Crippen LogP contribution in [0.4, 0.5) is 5.69 Å². The molecule has 18 heavy (non-hydrogen) atoms. The first kappa shape index (κ1) is 12.1. The van der Waals surface area contributed by atoms with Gasteiger partial charge in [0.1, 0.15) is 6.10 Å². The van der Waals surface area contributed by atoms with Gasteiger partial charge in [0.05, 0.1) is 12.1 Å². The summed E-state index contributed by atoms with van der Waals surface area (Å²) in [5, 5.41) is 13.7. The van der Waals surface area contributed by atoms with Gasteiger partial charge in [0, 0.05) is 12.1 Å². The highest BCUT2D eigenvalue weighted by molar-refractivity contribution is 6.02. The predicted octanol–water partition coefficient (Wildman–Crippen LogP) is 0.985. The molecule has 0 saturated heterocycles. The first-order valence-electron chi connectivity index (χ1n) is 5.48. The number of carbonyl (C=O) groups excluding carboxylic acids is 1. The van der Waals surface area contributed by atoms with Crippen LogP contribution in [0, 0.1) is 5.41 Å². The number of benzene rings is 1. The Morgan fingerprint density at radius 2 is 2.28 bits per heavy atom. The van der Waals surface area contributed by atoms with Crippen LogP contribution < -0.4 is 11.1 Å². The normalized spacial score (nSPS) is 17.8. The highest BCUT2D eigenvalue weighted by Gasteiger charge is 2.21. The number of oxime groups is 1. The van der Waals surface area contributed by atoms with Gasteiger partial charge in [-0.1, -0.05) is 17.3 Å². The molecule has 1 aliphatic rings. The topological polar surface area (TPSA) is 101 Å². The summed E-state index contributed by atoms with van der Waals surface area (Å²) in [6.07, 6.45) is 2.45. The van der Waals surface area contributed by atoms with Crippen molar-refractivity contribution in [3.63, 3.8) is 0 Å². The number of nitrogens with two attached hydrogens (primary N) is 1. The third-order valence-corrected chi connectivity index (χ3v) is 2.54. The molecule has 0 fully saturated rings. The molecule has 0 aromatic heterocycles. The molecule has 1 aliphatic heterocycles. The lowest BCUT2D eigenvalue weighted by atomic mass is 10.0. The van der Waals surface area contributed by atoms with E-state index in [4.69, 9.17) is 16.0 Å². The Labute approximate surface area is 104 Å². The summed E-state index contributed by atoms with van der Waals surface area (Å²) in [7, 11) is 0. The second-order valence-corrected chi connectivity index (χ2v) is 3.93. The summed E-state index contributed by atoms with van der Waals surface area (Å²) in [5.41, 5.74) is 7.71. The molecule has 1 heterocycles. The Morgan fingerprint density at radius 1 is 1.56 bits per heavy atom. The standard InChI is InChI=1S/C12H13N4O2/c13-12(14)15-9-3-1-8(2-4-9)11-7-10(5-6-17)18-16-11/h1-4,10H,5,7H2,(H4,13,14,15). The van der Waals surface area contributed by atoms with E-state index in [0.29, 0.717) is 6.42 Å². The van der Waals surface area contributed by atoms with Gasteiger partial charge in [-0.2, -0.15) is 0 Å². The van der Waals surface area contributed by atoms with Gasteiger partial charge in [-0.25, -0.2) is 0 Å². The minimum Gasteiger partial charge on any atom is -0.391 e. The molecule has 4 N–H and O–H groups in total. The third kappa shape index (κ3) is 2.85. The van der Waals surface area contributed by atoms with Gasteiger partial charge in [-0.15, -0.1) is 0 Å². The van der Waals surface area contributed by atoms with Crippen molar-refractivity contribution in [3.05, 3.63) is 29.8 Å². The lowest BCUT2D eigenvalue weighted by Gasteiger charge is -2.05. The number of nitrogens with one attached hydrogen (secondary N) is 2. The number of nitrogens with zero attached hydrogens (tertiary/aromatic N) is 1. The lowest BCUT2D eigenvalue weighted by Crippen LogP contribution is -2.20. The molecule has 0 aliphatic carbocycles. The van der Waals surface area contributed by atoms with Crippen LogP contribution >= 0.6 is 0 Å². The van der Waals surface area contributed by atoms with Crippen molar-refractivity contribution in [1.29, 1.82) is 5.41 Å². The molecule has 0 amide bonds. The van der Waals surface area contributed by atoms with Crippen molar-refractivity contribution in [2.75, 3.05) is 5.32 Å². The maximum absolute atomic E-state index is 10.3. The maximum Gasteiger partial charge on any atom is 0.202 e. The van der Waals surface area contributed by atoms with Crippen LogP contribution in [0.25, 0.3) is 0 Å². The van der Waals surface area contributed by atoms with Gasteiger partial charge in [-0.05, 0) is 17.7 Å². The fourth-order valence-electron chi connectivity index (χ4n) is 1.70. The summed E-state index contributed by atoms with van der Waals surface area (Å²) in [5.74, 6) is -0.106. The number of hydrogen-bond donors (Lipinski definition) is 3. The Balaban J connectivity index is 2.02. The fourth-order valence-corrected chi connectivity index (χ4v) is 1.70. The number of guanidine groups is 1. The molecule has 93 valence electrons. The van der Waals surface area contributed by atoms with E-state index in [1.165, 1.54) is 0 Å². The minimum atomic E-state index is -0.201. The lowest BCUT2D eigenvalue weighted by molar-refractivity contribution is 0.0905. The molecule has 0 saturated carbocycles. The van der Waals surface area contributed by atoms with Crippen molar-refractivity contribution in [1.82, 2.24) is 0 Å². The van der Waals surface area contributed by atoms with E-state index in [2.05, 4.69) is 10.5 Å². The predicted molar refractivity (Wildman–Crippen MR) is 68.3 cm³/mol. The van der Waals surface area contributed by atoms with Crippen molar-refractivity contribution in [2.45, 2.75) is 18.9 Å². The Kier molecular flexibility index (Phi) is 3.57. The Morgan fingerprint density at radius 3 is 2.89 bits per heavy atom. The van der Waals surface area contributed by atoms with Gasteiger partial charge in [0.25, 0.3) is 0 Å². The van der Waals surface area contributed by atoms with E-state index < -0.39 is 0 Å². The van der Waals surface area contributed by atoms with Gasteiger partial charge >= 0.3 is 0 Å². The number of anilines is 1. The van der Waals surface area contributed by atoms with E-state index >= 15 is 0 Å². The van der Waals surface area contributed by atoms with Crippen molar-refractivity contribution < 1.29 is 9.63 Å².